The normalized spacial score (nSPS) is 29.5. The average Bonchev–Trinajstić information content (AvgIpc) is 2.67. The molecule has 6 heteroatoms. The third-order valence-corrected chi connectivity index (χ3v) is 3.48. The van der Waals surface area contributed by atoms with E-state index >= 15 is 0 Å². The van der Waals surface area contributed by atoms with Crippen LogP contribution in [0.3, 0.4) is 0 Å². The third kappa shape index (κ3) is 1.12. The minimum Gasteiger partial charge on any atom is -0.303 e. The van der Waals surface area contributed by atoms with E-state index in [1.165, 1.54) is 0 Å². The maximum Gasteiger partial charge on any atom is 0.323 e. The number of amides is 4. The molecule has 0 radical (unpaired) electrons. The second-order valence-corrected chi connectivity index (χ2v) is 4.19. The first-order valence-electron chi connectivity index (χ1n) is 5.61. The number of carbonyl (C=O) groups is 2. The van der Waals surface area contributed by atoms with Gasteiger partial charge < -0.3 is 19.6 Å². The number of nitrogens with zero attached hydrogens (tertiary/aromatic N) is 4. The molecule has 0 N–H and O–H groups in total. The summed E-state index contributed by atoms with van der Waals surface area (Å²) >= 11 is 0. The standard InChI is InChI=1S/C10H18N4O2/c1-5-13-7-8(14(6-2)10(13)16)12(4)9(15)11(7)3/h7-8H,5-6H2,1-4H3/t7-,8-/m1/s1. The van der Waals surface area contributed by atoms with E-state index < -0.39 is 0 Å². The molecule has 2 rings (SSSR count). The van der Waals surface area contributed by atoms with Gasteiger partial charge in [0, 0.05) is 27.2 Å². The quantitative estimate of drug-likeness (QED) is 0.685. The van der Waals surface area contributed by atoms with Gasteiger partial charge in [-0.25, -0.2) is 9.59 Å². The van der Waals surface area contributed by atoms with Crippen molar-refractivity contribution in [1.82, 2.24) is 19.6 Å². The maximum atomic E-state index is 12.1. The summed E-state index contributed by atoms with van der Waals surface area (Å²) in [4.78, 5) is 30.7. The van der Waals surface area contributed by atoms with Crippen LogP contribution in [0, 0.1) is 0 Å². The topological polar surface area (TPSA) is 47.1 Å². The predicted molar refractivity (Wildman–Crippen MR) is 58.7 cm³/mol. The summed E-state index contributed by atoms with van der Waals surface area (Å²) in [6.07, 6.45) is -0.287. The second-order valence-electron chi connectivity index (χ2n) is 4.19. The summed E-state index contributed by atoms with van der Waals surface area (Å²) < 4.78 is 0. The fourth-order valence-electron chi connectivity index (χ4n) is 2.65. The van der Waals surface area contributed by atoms with E-state index in [0.29, 0.717) is 13.1 Å². The van der Waals surface area contributed by atoms with Crippen LogP contribution in [0.5, 0.6) is 0 Å². The van der Waals surface area contributed by atoms with Crippen molar-refractivity contribution in [3.63, 3.8) is 0 Å². The Morgan fingerprint density at radius 3 is 1.56 bits per heavy atom. The smallest absolute Gasteiger partial charge is 0.303 e. The van der Waals surface area contributed by atoms with Gasteiger partial charge >= 0.3 is 12.1 Å². The van der Waals surface area contributed by atoms with Crippen LogP contribution in [0.25, 0.3) is 0 Å². The van der Waals surface area contributed by atoms with Crippen molar-refractivity contribution >= 4 is 12.1 Å². The molecule has 2 heterocycles. The Hall–Kier alpha value is -1.46. The van der Waals surface area contributed by atoms with Crippen LogP contribution in [0.4, 0.5) is 9.59 Å². The number of carbonyl (C=O) groups excluding carboxylic acids is 2. The Balaban J connectivity index is 2.38. The highest BCUT2D eigenvalue weighted by Gasteiger charge is 2.55. The lowest BCUT2D eigenvalue weighted by molar-refractivity contribution is 0.147. The molecule has 0 unspecified atom stereocenters. The van der Waals surface area contributed by atoms with Crippen molar-refractivity contribution in [3.05, 3.63) is 0 Å². The van der Waals surface area contributed by atoms with Gasteiger partial charge in [-0.2, -0.15) is 0 Å². The van der Waals surface area contributed by atoms with E-state index in [-0.39, 0.29) is 24.4 Å². The molecule has 2 aliphatic rings. The minimum absolute atomic E-state index is 0.0196. The number of rotatable bonds is 2. The zero-order valence-electron chi connectivity index (χ0n) is 10.2. The van der Waals surface area contributed by atoms with Crippen LogP contribution < -0.4 is 0 Å². The Bertz CT molecular complexity index is 305. The molecule has 16 heavy (non-hydrogen) atoms. The lowest BCUT2D eigenvalue weighted by Crippen LogP contribution is -2.44. The molecule has 0 aromatic carbocycles. The van der Waals surface area contributed by atoms with Gasteiger partial charge in [-0.3, -0.25) is 0 Å². The molecule has 2 saturated heterocycles. The van der Waals surface area contributed by atoms with E-state index in [9.17, 15) is 9.59 Å². The van der Waals surface area contributed by atoms with Gasteiger partial charge in [0.1, 0.15) is 12.3 Å². The first kappa shape index (κ1) is 11.0. The first-order valence-corrected chi connectivity index (χ1v) is 5.61. The molecule has 2 fully saturated rings. The zero-order chi connectivity index (χ0) is 12.0. The molecule has 0 bridgehead atoms. The lowest BCUT2D eigenvalue weighted by atomic mass is 10.3. The van der Waals surface area contributed by atoms with Crippen LogP contribution in [0.15, 0.2) is 0 Å². The van der Waals surface area contributed by atoms with Gasteiger partial charge in [0.25, 0.3) is 0 Å². The average molecular weight is 226 g/mol. The van der Waals surface area contributed by atoms with Gasteiger partial charge in [-0.15, -0.1) is 0 Å². The van der Waals surface area contributed by atoms with Gasteiger partial charge in [0.2, 0.25) is 0 Å². The van der Waals surface area contributed by atoms with Gasteiger partial charge in [0.15, 0.2) is 0 Å². The lowest BCUT2D eigenvalue weighted by Gasteiger charge is -2.25. The Morgan fingerprint density at radius 2 is 1.25 bits per heavy atom. The molecule has 2 aliphatic heterocycles. The van der Waals surface area contributed by atoms with Crippen molar-refractivity contribution in [3.8, 4) is 0 Å². The molecule has 2 atom stereocenters. The SMILES string of the molecule is CCN1C(=O)N(CC)[C@@H]2[C@@H]1N(C)C(=O)N2C. The number of fused-ring (bicyclic) bond motifs is 1. The number of likely N-dealkylation sites (N-methyl/N-ethyl adjacent to an activating group) is 4. The van der Waals surface area contributed by atoms with E-state index in [4.69, 9.17) is 0 Å². The fraction of sp³-hybridized carbons (Fsp3) is 0.800. The summed E-state index contributed by atoms with van der Waals surface area (Å²) in [5.41, 5.74) is 0. The zero-order valence-corrected chi connectivity index (χ0v) is 10.2. The molecule has 0 spiro atoms. The summed E-state index contributed by atoms with van der Waals surface area (Å²) in [5, 5.41) is 0. The molecule has 6 nitrogen and oxygen atoms in total. The summed E-state index contributed by atoms with van der Waals surface area (Å²) in [7, 11) is 3.50. The van der Waals surface area contributed by atoms with Gasteiger partial charge in [-0.05, 0) is 13.8 Å². The Kier molecular flexibility index (Phi) is 2.44. The highest BCUT2D eigenvalue weighted by Crippen LogP contribution is 2.32. The van der Waals surface area contributed by atoms with E-state index in [2.05, 4.69) is 0 Å². The van der Waals surface area contributed by atoms with E-state index in [1.807, 2.05) is 13.8 Å². The summed E-state index contributed by atoms with van der Waals surface area (Å²) in [6.45, 7) is 5.12. The Morgan fingerprint density at radius 1 is 0.875 bits per heavy atom. The van der Waals surface area contributed by atoms with Gasteiger partial charge in [-0.1, -0.05) is 0 Å². The van der Waals surface area contributed by atoms with Crippen molar-refractivity contribution in [1.29, 1.82) is 0 Å². The molecule has 0 aromatic heterocycles. The highest BCUT2D eigenvalue weighted by molar-refractivity contribution is 5.84. The van der Waals surface area contributed by atoms with E-state index in [0.717, 1.165) is 0 Å². The number of hydrogen-bond donors (Lipinski definition) is 0. The summed E-state index contributed by atoms with van der Waals surface area (Å²) in [6, 6.07) is -0.00870. The Labute approximate surface area is 95.4 Å². The van der Waals surface area contributed by atoms with Crippen molar-refractivity contribution in [2.45, 2.75) is 26.2 Å². The third-order valence-electron chi connectivity index (χ3n) is 3.48. The van der Waals surface area contributed by atoms with Crippen molar-refractivity contribution < 1.29 is 9.59 Å². The first-order chi connectivity index (χ1) is 7.54. The summed E-state index contributed by atoms with van der Waals surface area (Å²) in [5.74, 6) is 0. The molecule has 90 valence electrons. The van der Waals surface area contributed by atoms with Gasteiger partial charge in [0.05, 0.1) is 0 Å². The van der Waals surface area contributed by atoms with Crippen LogP contribution >= 0.6 is 0 Å². The van der Waals surface area contributed by atoms with E-state index in [1.54, 1.807) is 33.7 Å². The molecule has 0 aliphatic carbocycles. The minimum atomic E-state index is -0.144. The van der Waals surface area contributed by atoms with Crippen molar-refractivity contribution in [2.75, 3.05) is 27.2 Å². The molecular formula is C10H18N4O2. The maximum absolute atomic E-state index is 12.1. The van der Waals surface area contributed by atoms with Crippen LogP contribution in [0.1, 0.15) is 13.8 Å². The predicted octanol–water partition coefficient (Wildman–Crippen LogP) is 0.413. The number of hydrogen-bond acceptors (Lipinski definition) is 2. The number of urea groups is 2. The highest BCUT2D eigenvalue weighted by atomic mass is 16.2. The molecule has 0 saturated carbocycles. The monoisotopic (exact) mass is 226 g/mol. The van der Waals surface area contributed by atoms with Crippen LogP contribution in [0.2, 0.25) is 0 Å². The largest absolute Gasteiger partial charge is 0.323 e. The molecule has 0 aromatic rings. The van der Waals surface area contributed by atoms with Crippen LogP contribution in [-0.4, -0.2) is 71.2 Å². The molecule has 4 amide bonds. The second kappa shape index (κ2) is 3.54. The molecular weight excluding hydrogens is 208 g/mol. The van der Waals surface area contributed by atoms with Crippen molar-refractivity contribution in [2.24, 2.45) is 0 Å². The fourth-order valence-corrected chi connectivity index (χ4v) is 2.65. The van der Waals surface area contributed by atoms with Crippen LogP contribution in [-0.2, 0) is 0 Å².